The average Bonchev–Trinajstić information content (AvgIpc) is 2.57. The molecule has 0 saturated carbocycles. The van der Waals surface area contributed by atoms with Gasteiger partial charge in [-0.2, -0.15) is 0 Å². The van der Waals surface area contributed by atoms with Crippen LogP contribution >= 0.6 is 34.8 Å². The number of carbonyl (C=O) groups excluding carboxylic acids is 2. The van der Waals surface area contributed by atoms with E-state index in [4.69, 9.17) is 39.5 Å². The van der Waals surface area contributed by atoms with Gasteiger partial charge in [0.05, 0.1) is 20.6 Å². The van der Waals surface area contributed by atoms with Crippen LogP contribution in [0.5, 0.6) is 0 Å². The summed E-state index contributed by atoms with van der Waals surface area (Å²) in [6.07, 6.45) is -1.01. The minimum atomic E-state index is -1.01. The van der Waals surface area contributed by atoms with Crippen LogP contribution in [0.3, 0.4) is 0 Å². The number of hydrogen-bond donors (Lipinski definition) is 1. The summed E-state index contributed by atoms with van der Waals surface area (Å²) in [7, 11) is 0. The average molecular weight is 387 g/mol. The van der Waals surface area contributed by atoms with Crippen LogP contribution in [-0.2, 0) is 16.1 Å². The molecule has 1 amide bonds. The van der Waals surface area contributed by atoms with Crippen molar-refractivity contribution in [2.45, 2.75) is 19.6 Å². The Morgan fingerprint density at radius 1 is 1.04 bits per heavy atom. The predicted molar refractivity (Wildman–Crippen MR) is 94.6 cm³/mol. The molecule has 0 radical (unpaired) electrons. The smallest absolute Gasteiger partial charge is 0.342 e. The van der Waals surface area contributed by atoms with E-state index in [2.05, 4.69) is 5.32 Å². The maximum absolute atomic E-state index is 12.2. The molecule has 4 nitrogen and oxygen atoms in total. The molecule has 0 saturated heterocycles. The van der Waals surface area contributed by atoms with Crippen molar-refractivity contribution in [2.75, 3.05) is 0 Å². The van der Waals surface area contributed by atoms with Crippen molar-refractivity contribution in [1.29, 1.82) is 0 Å². The first-order chi connectivity index (χ1) is 11.4. The van der Waals surface area contributed by atoms with Crippen molar-refractivity contribution in [3.8, 4) is 0 Å². The molecule has 0 spiro atoms. The summed E-state index contributed by atoms with van der Waals surface area (Å²) in [5.41, 5.74) is 0.874. The largest absolute Gasteiger partial charge is 0.449 e. The molecule has 2 aromatic rings. The first-order valence-corrected chi connectivity index (χ1v) is 8.19. The summed E-state index contributed by atoms with van der Waals surface area (Å²) < 4.78 is 5.12. The van der Waals surface area contributed by atoms with E-state index in [1.165, 1.54) is 19.1 Å². The highest BCUT2D eigenvalue weighted by Gasteiger charge is 2.23. The van der Waals surface area contributed by atoms with Gasteiger partial charge in [-0.15, -0.1) is 0 Å². The molecule has 126 valence electrons. The molecule has 1 N–H and O–H groups in total. The zero-order chi connectivity index (χ0) is 17.7. The quantitative estimate of drug-likeness (QED) is 0.607. The monoisotopic (exact) mass is 385 g/mol. The van der Waals surface area contributed by atoms with Crippen LogP contribution in [0.2, 0.25) is 15.1 Å². The number of esters is 1. The van der Waals surface area contributed by atoms with Crippen LogP contribution in [0.25, 0.3) is 0 Å². The Hall–Kier alpha value is -1.75. The fraction of sp³-hybridized carbons (Fsp3) is 0.176. The molecule has 0 aliphatic heterocycles. The fourth-order valence-corrected chi connectivity index (χ4v) is 2.60. The molecule has 0 bridgehead atoms. The highest BCUT2D eigenvalue weighted by atomic mass is 35.5. The van der Waals surface area contributed by atoms with Crippen molar-refractivity contribution in [3.05, 3.63) is 68.7 Å². The first kappa shape index (κ1) is 18.6. The molecule has 0 aliphatic rings. The highest BCUT2D eigenvalue weighted by Crippen LogP contribution is 2.32. The number of halogens is 3. The van der Waals surface area contributed by atoms with Crippen LogP contribution in [0.1, 0.15) is 22.8 Å². The summed E-state index contributed by atoms with van der Waals surface area (Å²) in [6, 6.07) is 12.3. The van der Waals surface area contributed by atoms with E-state index in [1.54, 1.807) is 0 Å². The minimum absolute atomic E-state index is 0.00828. The molecule has 1 atom stereocenters. The molecule has 7 heteroatoms. The Kier molecular flexibility index (Phi) is 6.49. The molecule has 0 aromatic heterocycles. The van der Waals surface area contributed by atoms with Gasteiger partial charge < -0.3 is 10.1 Å². The van der Waals surface area contributed by atoms with Gasteiger partial charge in [-0.3, -0.25) is 4.79 Å². The van der Waals surface area contributed by atoms with Gasteiger partial charge in [-0.1, -0.05) is 65.1 Å². The summed E-state index contributed by atoms with van der Waals surface area (Å²) in [5, 5.41) is 2.96. The topological polar surface area (TPSA) is 55.4 Å². The number of hydrogen-bond acceptors (Lipinski definition) is 3. The second kappa shape index (κ2) is 8.38. The third-order valence-electron chi connectivity index (χ3n) is 3.21. The number of ether oxygens (including phenoxy) is 1. The lowest BCUT2D eigenvalue weighted by Gasteiger charge is -2.15. The van der Waals surface area contributed by atoms with E-state index in [9.17, 15) is 9.59 Å². The number of carbonyl (C=O) groups is 2. The normalized spacial score (nSPS) is 11.7. The van der Waals surface area contributed by atoms with Gasteiger partial charge in [0.15, 0.2) is 6.10 Å². The van der Waals surface area contributed by atoms with Crippen molar-refractivity contribution in [1.82, 2.24) is 5.32 Å². The van der Waals surface area contributed by atoms with E-state index in [1.807, 2.05) is 30.3 Å². The Labute approximate surface area is 154 Å². The lowest BCUT2D eigenvalue weighted by Crippen LogP contribution is -2.35. The lowest BCUT2D eigenvalue weighted by molar-refractivity contribution is -0.129. The number of rotatable bonds is 5. The van der Waals surface area contributed by atoms with E-state index < -0.39 is 18.0 Å². The van der Waals surface area contributed by atoms with Gasteiger partial charge in [0.2, 0.25) is 0 Å². The maximum atomic E-state index is 12.2. The number of benzene rings is 2. The minimum Gasteiger partial charge on any atom is -0.449 e. The SMILES string of the molecule is CC(OC(=O)c1c(Cl)ccc(Cl)c1Cl)C(=O)NCc1ccccc1. The van der Waals surface area contributed by atoms with Gasteiger partial charge in [0, 0.05) is 6.54 Å². The first-order valence-electron chi connectivity index (χ1n) is 7.06. The molecule has 2 rings (SSSR count). The number of nitrogens with one attached hydrogen (secondary N) is 1. The van der Waals surface area contributed by atoms with Crippen molar-refractivity contribution < 1.29 is 14.3 Å². The third-order valence-corrected chi connectivity index (χ3v) is 4.33. The molecule has 0 fully saturated rings. The molecule has 1 unspecified atom stereocenters. The van der Waals surface area contributed by atoms with E-state index in [-0.39, 0.29) is 20.6 Å². The third kappa shape index (κ3) is 4.63. The van der Waals surface area contributed by atoms with Gasteiger partial charge in [-0.25, -0.2) is 4.79 Å². The summed E-state index contributed by atoms with van der Waals surface area (Å²) in [5.74, 6) is -1.24. The Bertz CT molecular complexity index is 750. The van der Waals surface area contributed by atoms with Crippen molar-refractivity contribution in [2.24, 2.45) is 0 Å². The zero-order valence-corrected chi connectivity index (χ0v) is 15.0. The second-order valence-corrected chi connectivity index (χ2v) is 6.16. The Morgan fingerprint density at radius 2 is 1.67 bits per heavy atom. The maximum Gasteiger partial charge on any atom is 0.342 e. The molecule has 0 heterocycles. The van der Waals surface area contributed by atoms with E-state index in [0.29, 0.717) is 6.54 Å². The van der Waals surface area contributed by atoms with Gasteiger partial charge in [-0.05, 0) is 24.6 Å². The predicted octanol–water partition coefficient (Wildman–Crippen LogP) is 4.51. The van der Waals surface area contributed by atoms with Crippen LogP contribution < -0.4 is 5.32 Å². The summed E-state index contributed by atoms with van der Waals surface area (Å²) >= 11 is 17.8. The summed E-state index contributed by atoms with van der Waals surface area (Å²) in [6.45, 7) is 1.80. The van der Waals surface area contributed by atoms with E-state index >= 15 is 0 Å². The standard InChI is InChI=1S/C17H14Cl3NO3/c1-10(16(22)21-9-11-5-3-2-4-6-11)24-17(23)14-12(18)7-8-13(19)15(14)20/h2-8,10H,9H2,1H3,(H,21,22). The van der Waals surface area contributed by atoms with Gasteiger partial charge >= 0.3 is 5.97 Å². The van der Waals surface area contributed by atoms with Gasteiger partial charge in [0.1, 0.15) is 0 Å². The van der Waals surface area contributed by atoms with Crippen LogP contribution in [0, 0.1) is 0 Å². The van der Waals surface area contributed by atoms with Crippen LogP contribution in [-0.4, -0.2) is 18.0 Å². The van der Waals surface area contributed by atoms with Crippen molar-refractivity contribution in [3.63, 3.8) is 0 Å². The zero-order valence-electron chi connectivity index (χ0n) is 12.7. The molecular formula is C17H14Cl3NO3. The van der Waals surface area contributed by atoms with Crippen LogP contribution in [0.15, 0.2) is 42.5 Å². The van der Waals surface area contributed by atoms with Crippen molar-refractivity contribution >= 4 is 46.7 Å². The molecule has 24 heavy (non-hydrogen) atoms. The highest BCUT2D eigenvalue weighted by molar-refractivity contribution is 6.46. The van der Waals surface area contributed by atoms with E-state index in [0.717, 1.165) is 5.56 Å². The van der Waals surface area contributed by atoms with Gasteiger partial charge in [0.25, 0.3) is 5.91 Å². The van der Waals surface area contributed by atoms with Crippen LogP contribution in [0.4, 0.5) is 0 Å². The number of amides is 1. The molecule has 2 aromatic carbocycles. The summed E-state index contributed by atoms with van der Waals surface area (Å²) in [4.78, 5) is 24.2. The molecular weight excluding hydrogens is 373 g/mol. The molecule has 0 aliphatic carbocycles. The second-order valence-electron chi connectivity index (χ2n) is 4.97. The Morgan fingerprint density at radius 3 is 2.33 bits per heavy atom. The fourth-order valence-electron chi connectivity index (χ4n) is 1.92. The Balaban J connectivity index is 1.99. The lowest BCUT2D eigenvalue weighted by atomic mass is 10.2.